The quantitative estimate of drug-likeness (QED) is 0.422. The number of benzene rings is 1. The first-order valence-electron chi connectivity index (χ1n) is 10.2. The van der Waals surface area contributed by atoms with Crippen LogP contribution in [0.4, 0.5) is 0 Å². The zero-order valence-corrected chi connectivity index (χ0v) is 19.9. The fourth-order valence-corrected chi connectivity index (χ4v) is 6.98. The third-order valence-corrected chi connectivity index (χ3v) is 9.34. The highest BCUT2D eigenvalue weighted by Crippen LogP contribution is 2.27. The summed E-state index contributed by atoms with van der Waals surface area (Å²) in [5.41, 5.74) is 1.88. The van der Waals surface area contributed by atoms with Crippen molar-refractivity contribution in [1.82, 2.24) is 18.6 Å². The number of thiazole rings is 1. The maximum atomic E-state index is 13.0. The van der Waals surface area contributed by atoms with E-state index in [0.29, 0.717) is 13.1 Å². The molecule has 1 fully saturated rings. The van der Waals surface area contributed by atoms with Crippen molar-refractivity contribution in [2.45, 2.75) is 11.3 Å². The number of hydrogen-bond donors (Lipinski definition) is 0. The second kappa shape index (κ2) is 8.72. The number of thiophene rings is 1. The smallest absolute Gasteiger partial charge is 0.244 e. The van der Waals surface area contributed by atoms with Crippen molar-refractivity contribution in [3.63, 3.8) is 0 Å². The summed E-state index contributed by atoms with van der Waals surface area (Å²) >= 11 is 3.12. The molecule has 8 nitrogen and oxygen atoms in total. The van der Waals surface area contributed by atoms with Gasteiger partial charge in [0.05, 0.1) is 21.8 Å². The normalized spacial score (nSPS) is 15.1. The summed E-state index contributed by atoms with van der Waals surface area (Å²) in [5.74, 6) is -0.0458. The third-order valence-electron chi connectivity index (χ3n) is 5.61. The van der Waals surface area contributed by atoms with E-state index in [1.807, 2.05) is 39.6 Å². The van der Waals surface area contributed by atoms with Gasteiger partial charge in [0.2, 0.25) is 15.9 Å². The van der Waals surface area contributed by atoms with Crippen LogP contribution in [0.1, 0.15) is 11.3 Å². The first kappa shape index (κ1) is 21.8. The van der Waals surface area contributed by atoms with E-state index >= 15 is 0 Å². The molecule has 1 aromatic carbocycles. The number of nitrogens with zero attached hydrogens (tertiary/aromatic N) is 5. The summed E-state index contributed by atoms with van der Waals surface area (Å²) in [4.78, 5) is 21.2. The molecule has 0 saturated carbocycles. The van der Waals surface area contributed by atoms with Crippen molar-refractivity contribution in [3.05, 3.63) is 64.6 Å². The molecule has 168 valence electrons. The summed E-state index contributed by atoms with van der Waals surface area (Å²) < 4.78 is 29.3. The first-order valence-corrected chi connectivity index (χ1v) is 13.4. The first-order chi connectivity index (χ1) is 16.0. The van der Waals surface area contributed by atoms with Crippen molar-refractivity contribution in [2.24, 2.45) is 0 Å². The predicted molar refractivity (Wildman–Crippen MR) is 127 cm³/mol. The monoisotopic (exact) mass is 497 g/mol. The number of nitriles is 1. The molecule has 3 aromatic heterocycles. The standard InChI is InChI=1S/C22H19N5O3S3/c23-13-16-4-1-2-6-20(16)33(29,30)26-9-7-25(8-10-26)21(28)12-17-15-32-22-24-18(14-27(17)22)19-5-3-11-31-19/h1-6,11,14-15H,7-10,12H2. The molecule has 4 aromatic rings. The van der Waals surface area contributed by atoms with Gasteiger partial charge in [0.15, 0.2) is 4.96 Å². The molecule has 11 heteroatoms. The Bertz CT molecular complexity index is 1460. The Kier molecular flexibility index (Phi) is 5.76. The van der Waals surface area contributed by atoms with Gasteiger partial charge in [-0.3, -0.25) is 9.20 Å². The zero-order chi connectivity index (χ0) is 23.0. The maximum Gasteiger partial charge on any atom is 0.244 e. The highest BCUT2D eigenvalue weighted by molar-refractivity contribution is 7.89. The van der Waals surface area contributed by atoms with Gasteiger partial charge in [-0.25, -0.2) is 13.4 Å². The van der Waals surface area contributed by atoms with E-state index < -0.39 is 10.0 Å². The molecule has 4 heterocycles. The fraction of sp³-hybridized carbons (Fsp3) is 0.227. The zero-order valence-electron chi connectivity index (χ0n) is 17.4. The minimum absolute atomic E-state index is 0.00888. The van der Waals surface area contributed by atoms with Crippen LogP contribution in [-0.2, 0) is 21.2 Å². The Morgan fingerprint density at radius 1 is 1.09 bits per heavy atom. The number of fused-ring (bicyclic) bond motifs is 1. The number of carbonyl (C=O) groups is 1. The lowest BCUT2D eigenvalue weighted by molar-refractivity contribution is -0.131. The summed E-state index contributed by atoms with van der Waals surface area (Å²) in [6, 6.07) is 12.1. The molecular formula is C22H19N5O3S3. The van der Waals surface area contributed by atoms with Gasteiger partial charge in [-0.2, -0.15) is 9.57 Å². The molecule has 0 radical (unpaired) electrons. The van der Waals surface area contributed by atoms with Crippen LogP contribution in [0.2, 0.25) is 0 Å². The molecule has 1 saturated heterocycles. The van der Waals surface area contributed by atoms with Crippen LogP contribution in [0.3, 0.4) is 0 Å². The number of aromatic nitrogens is 2. The van der Waals surface area contributed by atoms with Crippen molar-refractivity contribution >= 4 is 43.6 Å². The second-order valence-corrected chi connectivity index (χ2v) is 11.2. The largest absolute Gasteiger partial charge is 0.340 e. The molecule has 0 N–H and O–H groups in total. The third kappa shape index (κ3) is 4.06. The van der Waals surface area contributed by atoms with Crippen molar-refractivity contribution in [2.75, 3.05) is 26.2 Å². The second-order valence-electron chi connectivity index (χ2n) is 7.55. The lowest BCUT2D eigenvalue weighted by atomic mass is 10.2. The highest BCUT2D eigenvalue weighted by Gasteiger charge is 2.31. The van der Waals surface area contributed by atoms with Gasteiger partial charge < -0.3 is 4.90 Å². The molecule has 1 aliphatic rings. The van der Waals surface area contributed by atoms with Crippen LogP contribution < -0.4 is 0 Å². The van der Waals surface area contributed by atoms with E-state index in [1.165, 1.54) is 27.8 Å². The van der Waals surface area contributed by atoms with Crippen LogP contribution in [0.25, 0.3) is 15.5 Å². The summed E-state index contributed by atoms with van der Waals surface area (Å²) in [5, 5.41) is 13.2. The molecule has 1 amide bonds. The SMILES string of the molecule is N#Cc1ccccc1S(=O)(=O)N1CCN(C(=O)Cc2csc3nc(-c4cccs4)cn23)CC1. The molecule has 0 unspecified atom stereocenters. The minimum atomic E-state index is -3.79. The molecule has 5 rings (SSSR count). The van der Waals surface area contributed by atoms with E-state index in [9.17, 15) is 18.5 Å². The van der Waals surface area contributed by atoms with Gasteiger partial charge >= 0.3 is 0 Å². The van der Waals surface area contributed by atoms with E-state index in [4.69, 9.17) is 0 Å². The number of hydrogen-bond acceptors (Lipinski definition) is 7. The molecule has 0 atom stereocenters. The van der Waals surface area contributed by atoms with Gasteiger partial charge in [0, 0.05) is 43.4 Å². The number of piperazine rings is 1. The van der Waals surface area contributed by atoms with Gasteiger partial charge in [0.1, 0.15) is 11.8 Å². The Morgan fingerprint density at radius 3 is 2.61 bits per heavy atom. The molecule has 0 bridgehead atoms. The topological polar surface area (TPSA) is 98.8 Å². The Labute approximate surface area is 199 Å². The number of rotatable bonds is 5. The van der Waals surface area contributed by atoms with E-state index in [-0.39, 0.29) is 35.9 Å². The molecular weight excluding hydrogens is 478 g/mol. The lowest BCUT2D eigenvalue weighted by Gasteiger charge is -2.34. The van der Waals surface area contributed by atoms with Crippen molar-refractivity contribution in [3.8, 4) is 16.6 Å². The molecule has 1 aliphatic heterocycles. The maximum absolute atomic E-state index is 13.0. The average molecular weight is 498 g/mol. The fourth-order valence-electron chi connectivity index (χ4n) is 3.87. The Balaban J connectivity index is 1.26. The van der Waals surface area contributed by atoms with Gasteiger partial charge in [-0.15, -0.1) is 22.7 Å². The molecule has 0 aliphatic carbocycles. The van der Waals surface area contributed by atoms with Crippen LogP contribution in [-0.4, -0.2) is 59.1 Å². The molecule has 0 spiro atoms. The van der Waals surface area contributed by atoms with Gasteiger partial charge in [-0.1, -0.05) is 18.2 Å². The average Bonchev–Trinajstić information content (AvgIpc) is 3.58. The van der Waals surface area contributed by atoms with Crippen molar-refractivity contribution in [1.29, 1.82) is 5.26 Å². The Morgan fingerprint density at radius 2 is 1.88 bits per heavy atom. The van der Waals surface area contributed by atoms with E-state index in [1.54, 1.807) is 28.4 Å². The highest BCUT2D eigenvalue weighted by atomic mass is 32.2. The number of carbonyl (C=O) groups excluding carboxylic acids is 1. The number of imidazole rings is 1. The Hall–Kier alpha value is -3.04. The predicted octanol–water partition coefficient (Wildman–Crippen LogP) is 3.07. The summed E-state index contributed by atoms with van der Waals surface area (Å²) in [7, 11) is -3.79. The summed E-state index contributed by atoms with van der Waals surface area (Å²) in [6.07, 6.45) is 2.18. The van der Waals surface area contributed by atoms with Gasteiger partial charge in [-0.05, 0) is 23.6 Å². The van der Waals surface area contributed by atoms with E-state index in [0.717, 1.165) is 21.2 Å². The van der Waals surface area contributed by atoms with E-state index in [2.05, 4.69) is 4.98 Å². The minimum Gasteiger partial charge on any atom is -0.340 e. The van der Waals surface area contributed by atoms with Crippen LogP contribution in [0.5, 0.6) is 0 Å². The van der Waals surface area contributed by atoms with Crippen LogP contribution in [0.15, 0.2) is 58.3 Å². The number of amides is 1. The van der Waals surface area contributed by atoms with Crippen LogP contribution >= 0.6 is 22.7 Å². The van der Waals surface area contributed by atoms with Crippen molar-refractivity contribution < 1.29 is 13.2 Å². The lowest BCUT2D eigenvalue weighted by Crippen LogP contribution is -2.51. The van der Waals surface area contributed by atoms with Gasteiger partial charge in [0.25, 0.3) is 0 Å². The molecule has 33 heavy (non-hydrogen) atoms. The van der Waals surface area contributed by atoms with Crippen LogP contribution in [0, 0.1) is 11.3 Å². The summed E-state index contributed by atoms with van der Waals surface area (Å²) in [6.45, 7) is 1.01. The number of sulfonamides is 1.